The fourth-order valence-electron chi connectivity index (χ4n) is 3.19. The van der Waals surface area contributed by atoms with Crippen molar-refractivity contribution in [1.82, 2.24) is 10.2 Å². The molecule has 0 radical (unpaired) electrons. The van der Waals surface area contributed by atoms with Crippen LogP contribution in [0.4, 0.5) is 5.69 Å². The van der Waals surface area contributed by atoms with Crippen LogP contribution in [-0.4, -0.2) is 44.7 Å². The Hall–Kier alpha value is -1.06. The van der Waals surface area contributed by atoms with Crippen molar-refractivity contribution >= 4 is 5.69 Å². The van der Waals surface area contributed by atoms with Crippen LogP contribution in [0.5, 0.6) is 0 Å². The van der Waals surface area contributed by atoms with Crippen molar-refractivity contribution in [3.8, 4) is 0 Å². The van der Waals surface area contributed by atoms with Gasteiger partial charge in [0, 0.05) is 45.0 Å². The number of hydrogen-bond donors (Lipinski definition) is 1. The van der Waals surface area contributed by atoms with Gasteiger partial charge < -0.3 is 10.2 Å². The topological polar surface area (TPSA) is 18.5 Å². The van der Waals surface area contributed by atoms with Crippen LogP contribution in [0.1, 0.15) is 24.0 Å². The van der Waals surface area contributed by atoms with Crippen molar-refractivity contribution in [1.29, 1.82) is 0 Å². The molecule has 0 spiro atoms. The van der Waals surface area contributed by atoms with Gasteiger partial charge in [-0.15, -0.1) is 0 Å². The number of hydrogen-bond acceptors (Lipinski definition) is 3. The lowest BCUT2D eigenvalue weighted by atomic mass is 10.1. The van der Waals surface area contributed by atoms with Crippen molar-refractivity contribution in [3.05, 3.63) is 29.3 Å². The fraction of sp³-hybridized carbons (Fsp3) is 0.647. The third-order valence-corrected chi connectivity index (χ3v) is 4.53. The molecule has 3 rings (SSSR count). The Kier molecular flexibility index (Phi) is 4.27. The molecule has 110 valence electrons. The number of benzene rings is 1. The molecule has 1 saturated heterocycles. The highest BCUT2D eigenvalue weighted by Gasteiger charge is 2.26. The van der Waals surface area contributed by atoms with E-state index in [0.29, 0.717) is 0 Å². The molecule has 0 amide bonds. The summed E-state index contributed by atoms with van der Waals surface area (Å²) in [6.07, 6.45) is 2.93. The quantitative estimate of drug-likeness (QED) is 0.887. The maximum atomic E-state index is 3.30. The van der Waals surface area contributed by atoms with E-state index >= 15 is 0 Å². The second kappa shape index (κ2) is 6.15. The van der Waals surface area contributed by atoms with Crippen LogP contribution in [0.2, 0.25) is 0 Å². The summed E-state index contributed by atoms with van der Waals surface area (Å²) in [6.45, 7) is 9.27. The zero-order valence-corrected chi connectivity index (χ0v) is 12.9. The molecule has 1 aliphatic carbocycles. The summed E-state index contributed by atoms with van der Waals surface area (Å²) in [4.78, 5) is 5.22. The van der Waals surface area contributed by atoms with Gasteiger partial charge in [-0.2, -0.15) is 0 Å². The first-order chi connectivity index (χ1) is 9.76. The summed E-state index contributed by atoms with van der Waals surface area (Å²) in [7, 11) is 2.03. The Balaban J connectivity index is 1.64. The lowest BCUT2D eigenvalue weighted by Crippen LogP contribution is -2.47. The van der Waals surface area contributed by atoms with Gasteiger partial charge in [0.1, 0.15) is 0 Å². The molecule has 0 bridgehead atoms. The molecule has 1 aromatic carbocycles. The van der Waals surface area contributed by atoms with Gasteiger partial charge in [0.15, 0.2) is 0 Å². The highest BCUT2D eigenvalue weighted by atomic mass is 15.3. The van der Waals surface area contributed by atoms with Gasteiger partial charge in [-0.3, -0.25) is 4.90 Å². The summed E-state index contributed by atoms with van der Waals surface area (Å²) >= 11 is 0. The lowest BCUT2D eigenvalue weighted by Gasteiger charge is -2.37. The predicted molar refractivity (Wildman–Crippen MR) is 85.3 cm³/mol. The Bertz CT molecular complexity index is 446. The summed E-state index contributed by atoms with van der Waals surface area (Å²) in [5, 5.41) is 3.30. The third-order valence-electron chi connectivity index (χ3n) is 4.53. The number of nitrogens with one attached hydrogen (secondary N) is 1. The number of nitrogens with zero attached hydrogens (tertiary/aromatic N) is 2. The fourth-order valence-corrected chi connectivity index (χ4v) is 3.19. The van der Waals surface area contributed by atoms with Gasteiger partial charge in [0.05, 0.1) is 0 Å². The molecule has 0 unspecified atom stereocenters. The minimum absolute atomic E-state index is 0.958. The highest BCUT2D eigenvalue weighted by molar-refractivity contribution is 5.55. The summed E-state index contributed by atoms with van der Waals surface area (Å²) in [5.41, 5.74) is 4.21. The summed E-state index contributed by atoms with van der Waals surface area (Å²) < 4.78 is 0. The van der Waals surface area contributed by atoms with Gasteiger partial charge in [0.2, 0.25) is 0 Å². The Morgan fingerprint density at radius 3 is 2.55 bits per heavy atom. The number of rotatable bonds is 5. The Morgan fingerprint density at radius 2 is 1.90 bits per heavy atom. The second-order valence-corrected chi connectivity index (χ2v) is 6.39. The van der Waals surface area contributed by atoms with Crippen LogP contribution in [0.15, 0.2) is 18.2 Å². The standard InChI is InChI=1S/C17H27N3/c1-14-3-6-17(16(11-14)12-18-2)20-9-7-19(8-10-20)13-15-4-5-15/h3,6,11,15,18H,4-5,7-10,12-13H2,1-2H3. The van der Waals surface area contributed by atoms with E-state index in [9.17, 15) is 0 Å². The molecule has 3 nitrogen and oxygen atoms in total. The lowest BCUT2D eigenvalue weighted by molar-refractivity contribution is 0.248. The van der Waals surface area contributed by atoms with E-state index in [1.807, 2.05) is 7.05 Å². The minimum atomic E-state index is 0.958. The largest absolute Gasteiger partial charge is 0.369 e. The van der Waals surface area contributed by atoms with Crippen molar-refractivity contribution in [3.63, 3.8) is 0 Å². The van der Waals surface area contributed by atoms with E-state index in [1.165, 1.54) is 62.4 Å². The van der Waals surface area contributed by atoms with Crippen molar-refractivity contribution in [2.24, 2.45) is 5.92 Å². The van der Waals surface area contributed by atoms with E-state index < -0.39 is 0 Å². The molecule has 2 aliphatic rings. The minimum Gasteiger partial charge on any atom is -0.369 e. The highest BCUT2D eigenvalue weighted by Crippen LogP contribution is 2.30. The smallest absolute Gasteiger partial charge is 0.0412 e. The van der Waals surface area contributed by atoms with Gasteiger partial charge in [0.25, 0.3) is 0 Å². The van der Waals surface area contributed by atoms with Crippen molar-refractivity contribution in [2.45, 2.75) is 26.3 Å². The third kappa shape index (κ3) is 3.33. The molecule has 0 atom stereocenters. The van der Waals surface area contributed by atoms with E-state index in [2.05, 4.69) is 40.2 Å². The van der Waals surface area contributed by atoms with E-state index in [4.69, 9.17) is 0 Å². The van der Waals surface area contributed by atoms with E-state index in [1.54, 1.807) is 0 Å². The van der Waals surface area contributed by atoms with Crippen LogP contribution in [-0.2, 0) is 6.54 Å². The molecule has 0 aromatic heterocycles. The molecular weight excluding hydrogens is 246 g/mol. The Labute approximate surface area is 123 Å². The molecule has 20 heavy (non-hydrogen) atoms. The van der Waals surface area contributed by atoms with Crippen LogP contribution in [0, 0.1) is 12.8 Å². The predicted octanol–water partition coefficient (Wildman–Crippen LogP) is 2.25. The average Bonchev–Trinajstić information content (AvgIpc) is 3.25. The van der Waals surface area contributed by atoms with Crippen molar-refractivity contribution in [2.75, 3.05) is 44.7 Å². The Morgan fingerprint density at radius 1 is 1.15 bits per heavy atom. The number of anilines is 1. The van der Waals surface area contributed by atoms with Gasteiger partial charge >= 0.3 is 0 Å². The number of piperazine rings is 1. The normalized spacial score (nSPS) is 20.4. The van der Waals surface area contributed by atoms with Crippen molar-refractivity contribution < 1.29 is 0 Å². The first-order valence-electron chi connectivity index (χ1n) is 7.97. The van der Waals surface area contributed by atoms with Crippen LogP contribution >= 0.6 is 0 Å². The zero-order chi connectivity index (χ0) is 13.9. The molecule has 1 N–H and O–H groups in total. The van der Waals surface area contributed by atoms with Gasteiger partial charge in [-0.25, -0.2) is 0 Å². The van der Waals surface area contributed by atoms with Crippen LogP contribution in [0.3, 0.4) is 0 Å². The second-order valence-electron chi connectivity index (χ2n) is 6.39. The average molecular weight is 273 g/mol. The maximum Gasteiger partial charge on any atom is 0.0412 e. The summed E-state index contributed by atoms with van der Waals surface area (Å²) in [5.74, 6) is 1.01. The van der Waals surface area contributed by atoms with Gasteiger partial charge in [-0.05, 0) is 44.4 Å². The van der Waals surface area contributed by atoms with Crippen LogP contribution < -0.4 is 10.2 Å². The molecule has 1 aliphatic heterocycles. The first kappa shape index (κ1) is 13.9. The van der Waals surface area contributed by atoms with Gasteiger partial charge in [-0.1, -0.05) is 17.7 Å². The zero-order valence-electron chi connectivity index (χ0n) is 12.9. The molecular formula is C17H27N3. The monoisotopic (exact) mass is 273 g/mol. The first-order valence-corrected chi connectivity index (χ1v) is 7.97. The maximum absolute atomic E-state index is 3.30. The SMILES string of the molecule is CNCc1cc(C)ccc1N1CCN(CC2CC2)CC1. The molecule has 1 saturated carbocycles. The molecule has 1 heterocycles. The van der Waals surface area contributed by atoms with E-state index in [0.717, 1.165) is 12.5 Å². The summed E-state index contributed by atoms with van der Waals surface area (Å²) in [6, 6.07) is 6.87. The molecule has 1 aromatic rings. The molecule has 3 heteroatoms. The molecule has 2 fully saturated rings. The van der Waals surface area contributed by atoms with Crippen LogP contribution in [0.25, 0.3) is 0 Å². The van der Waals surface area contributed by atoms with E-state index in [-0.39, 0.29) is 0 Å². The number of aryl methyl sites for hydroxylation is 1.